The molecule has 0 amide bonds. The van der Waals surface area contributed by atoms with Crippen LogP contribution in [0.4, 0.5) is 5.69 Å². The Balaban J connectivity index is 1.94. The van der Waals surface area contributed by atoms with Crippen molar-refractivity contribution >= 4 is 34.7 Å². The minimum atomic E-state index is -0.392. The third-order valence-electron chi connectivity index (χ3n) is 3.17. The predicted octanol–water partition coefficient (Wildman–Crippen LogP) is 2.89. The predicted molar refractivity (Wildman–Crippen MR) is 97.5 cm³/mol. The number of hydrogen-bond acceptors (Lipinski definition) is 5. The Hall–Kier alpha value is -2.93. The molecular weight excluding hydrogens is 326 g/mol. The zero-order valence-electron chi connectivity index (χ0n) is 13.2. The van der Waals surface area contributed by atoms with Gasteiger partial charge in [0.2, 0.25) is 0 Å². The van der Waals surface area contributed by atoms with Crippen molar-refractivity contribution in [3.63, 3.8) is 0 Å². The molecule has 24 heavy (non-hydrogen) atoms. The normalized spacial score (nSPS) is 10.8. The van der Waals surface area contributed by atoms with E-state index < -0.39 is 5.97 Å². The van der Waals surface area contributed by atoms with Crippen LogP contribution < -0.4 is 10.7 Å². The molecule has 0 bridgehead atoms. The van der Waals surface area contributed by atoms with Gasteiger partial charge >= 0.3 is 5.97 Å². The summed E-state index contributed by atoms with van der Waals surface area (Å²) in [5.74, 6) is -0.191. The van der Waals surface area contributed by atoms with Crippen molar-refractivity contribution in [2.45, 2.75) is 6.92 Å². The molecule has 0 fully saturated rings. The summed E-state index contributed by atoms with van der Waals surface area (Å²) in [6, 6.07) is 13.4. The summed E-state index contributed by atoms with van der Waals surface area (Å²) >= 11 is 5.17. The number of ether oxygens (including phenoxy) is 1. The largest absolute Gasteiger partial charge is 0.508 e. The molecule has 0 heterocycles. The highest BCUT2D eigenvalue weighted by Gasteiger charge is 2.05. The van der Waals surface area contributed by atoms with Gasteiger partial charge in [-0.2, -0.15) is 5.10 Å². The number of carbonyl (C=O) groups excluding carboxylic acids is 1. The fourth-order valence-electron chi connectivity index (χ4n) is 1.87. The molecule has 0 unspecified atom stereocenters. The average molecular weight is 343 g/mol. The fraction of sp³-hybridized carbons (Fsp3) is 0.118. The lowest BCUT2D eigenvalue weighted by Crippen LogP contribution is -2.25. The first-order chi connectivity index (χ1) is 11.5. The van der Waals surface area contributed by atoms with Gasteiger partial charge in [-0.05, 0) is 73.2 Å². The second kappa shape index (κ2) is 8.07. The van der Waals surface area contributed by atoms with Crippen LogP contribution in [0.2, 0.25) is 0 Å². The van der Waals surface area contributed by atoms with E-state index in [4.69, 9.17) is 12.2 Å². The average Bonchev–Trinajstić information content (AvgIpc) is 2.60. The van der Waals surface area contributed by atoms with Crippen molar-refractivity contribution in [2.75, 3.05) is 12.4 Å². The monoisotopic (exact) mass is 343 g/mol. The molecule has 0 radical (unpaired) electrons. The number of aromatic hydroxyl groups is 1. The number of phenols is 1. The Morgan fingerprint density at radius 2 is 1.67 bits per heavy atom. The Morgan fingerprint density at radius 1 is 1.08 bits per heavy atom. The number of methoxy groups -OCH3 is 1. The highest BCUT2D eigenvalue weighted by atomic mass is 32.1. The molecule has 124 valence electrons. The molecule has 0 aliphatic heterocycles. The third-order valence-corrected chi connectivity index (χ3v) is 3.37. The molecular formula is C17H17N3O3S. The first-order valence-electron chi connectivity index (χ1n) is 7.08. The first-order valence-corrected chi connectivity index (χ1v) is 7.49. The summed E-state index contributed by atoms with van der Waals surface area (Å²) in [5.41, 5.74) is 5.52. The van der Waals surface area contributed by atoms with Crippen LogP contribution in [0.1, 0.15) is 22.8 Å². The fourth-order valence-corrected chi connectivity index (χ4v) is 2.03. The molecule has 7 heteroatoms. The van der Waals surface area contributed by atoms with Crippen LogP contribution in [0.5, 0.6) is 5.75 Å². The highest BCUT2D eigenvalue weighted by Crippen LogP contribution is 2.11. The number of nitrogens with one attached hydrogen (secondary N) is 2. The van der Waals surface area contributed by atoms with Crippen molar-refractivity contribution in [1.82, 2.24) is 5.43 Å². The van der Waals surface area contributed by atoms with Gasteiger partial charge in [0, 0.05) is 5.69 Å². The van der Waals surface area contributed by atoms with Crippen molar-refractivity contribution in [3.05, 3.63) is 59.7 Å². The summed E-state index contributed by atoms with van der Waals surface area (Å²) < 4.78 is 4.64. The minimum absolute atomic E-state index is 0.201. The van der Waals surface area contributed by atoms with Gasteiger partial charge in [-0.1, -0.05) is 0 Å². The number of carbonyl (C=O) groups is 1. The van der Waals surface area contributed by atoms with Gasteiger partial charge < -0.3 is 15.2 Å². The molecule has 2 rings (SSSR count). The maximum Gasteiger partial charge on any atom is 0.337 e. The van der Waals surface area contributed by atoms with Crippen LogP contribution in [0, 0.1) is 0 Å². The molecule has 0 saturated carbocycles. The summed E-state index contributed by atoms with van der Waals surface area (Å²) in [7, 11) is 1.34. The smallest absolute Gasteiger partial charge is 0.337 e. The lowest BCUT2D eigenvalue weighted by atomic mass is 10.1. The molecule has 3 N–H and O–H groups in total. The zero-order chi connectivity index (χ0) is 17.5. The first kappa shape index (κ1) is 17.4. The third kappa shape index (κ3) is 4.79. The van der Waals surface area contributed by atoms with Crippen LogP contribution in [-0.2, 0) is 4.74 Å². The molecule has 0 aromatic heterocycles. The molecule has 6 nitrogen and oxygen atoms in total. The van der Waals surface area contributed by atoms with Gasteiger partial charge in [-0.3, -0.25) is 5.43 Å². The van der Waals surface area contributed by atoms with Crippen LogP contribution in [-0.4, -0.2) is 29.0 Å². The molecule has 0 atom stereocenters. The van der Waals surface area contributed by atoms with Crippen LogP contribution in [0.25, 0.3) is 0 Å². The summed E-state index contributed by atoms with van der Waals surface area (Å²) in [6.45, 7) is 1.83. The standard InChI is InChI=1S/C17H17N3O3S/c1-11(12-5-9-15(21)10-6-12)19-20-17(24)18-14-7-3-13(4-8-14)16(22)23-2/h3-10,21H,1-2H3,(H2,18,20,24). The summed E-state index contributed by atoms with van der Waals surface area (Å²) in [4.78, 5) is 11.4. The lowest BCUT2D eigenvalue weighted by molar-refractivity contribution is 0.0601. The summed E-state index contributed by atoms with van der Waals surface area (Å²) in [6.07, 6.45) is 0. The van der Waals surface area contributed by atoms with Gasteiger partial charge in [-0.15, -0.1) is 0 Å². The van der Waals surface area contributed by atoms with E-state index in [2.05, 4.69) is 20.6 Å². The van der Waals surface area contributed by atoms with Crippen molar-refractivity contribution in [3.8, 4) is 5.75 Å². The number of esters is 1. The van der Waals surface area contributed by atoms with Gasteiger partial charge in [0.25, 0.3) is 0 Å². The van der Waals surface area contributed by atoms with Crippen molar-refractivity contribution in [2.24, 2.45) is 5.10 Å². The van der Waals surface area contributed by atoms with E-state index in [1.165, 1.54) is 7.11 Å². The van der Waals surface area contributed by atoms with Gasteiger partial charge in [0.15, 0.2) is 5.11 Å². The quantitative estimate of drug-likeness (QED) is 0.343. The van der Waals surface area contributed by atoms with Crippen LogP contribution in [0.3, 0.4) is 0 Å². The number of hydrogen-bond donors (Lipinski definition) is 3. The number of nitrogens with zero attached hydrogens (tertiary/aromatic N) is 1. The highest BCUT2D eigenvalue weighted by molar-refractivity contribution is 7.80. The number of benzene rings is 2. The Kier molecular flexibility index (Phi) is 5.86. The molecule has 0 saturated heterocycles. The van der Waals surface area contributed by atoms with Crippen molar-refractivity contribution in [1.29, 1.82) is 0 Å². The van der Waals surface area contributed by atoms with E-state index >= 15 is 0 Å². The molecule has 2 aromatic carbocycles. The maximum absolute atomic E-state index is 11.4. The second-order valence-electron chi connectivity index (χ2n) is 4.88. The second-order valence-corrected chi connectivity index (χ2v) is 5.29. The molecule has 2 aromatic rings. The minimum Gasteiger partial charge on any atom is -0.508 e. The Labute approximate surface area is 145 Å². The number of hydrazone groups is 1. The van der Waals surface area contributed by atoms with Gasteiger partial charge in [-0.25, -0.2) is 4.79 Å². The van der Waals surface area contributed by atoms with Crippen LogP contribution >= 0.6 is 12.2 Å². The topological polar surface area (TPSA) is 83.0 Å². The SMILES string of the molecule is COC(=O)c1ccc(NC(=S)NN=C(C)c2ccc(O)cc2)cc1. The van der Waals surface area contributed by atoms with E-state index in [0.717, 1.165) is 17.0 Å². The van der Waals surface area contributed by atoms with E-state index in [1.54, 1.807) is 48.5 Å². The summed E-state index contributed by atoms with van der Waals surface area (Å²) in [5, 5.41) is 16.7. The molecule has 0 spiro atoms. The van der Waals surface area contributed by atoms with Crippen LogP contribution in [0.15, 0.2) is 53.6 Å². The number of thiocarbonyl (C=S) groups is 1. The maximum atomic E-state index is 11.4. The van der Waals surface area contributed by atoms with E-state index in [1.807, 2.05) is 6.92 Å². The van der Waals surface area contributed by atoms with Gasteiger partial charge in [0.05, 0.1) is 18.4 Å². The Morgan fingerprint density at radius 3 is 2.25 bits per heavy atom. The molecule has 0 aliphatic rings. The molecule has 0 aliphatic carbocycles. The number of phenolic OH excluding ortho intramolecular Hbond substituents is 1. The number of rotatable bonds is 4. The Bertz CT molecular complexity index is 756. The van der Waals surface area contributed by atoms with E-state index in [9.17, 15) is 9.90 Å². The van der Waals surface area contributed by atoms with Crippen molar-refractivity contribution < 1.29 is 14.6 Å². The van der Waals surface area contributed by atoms with E-state index in [0.29, 0.717) is 10.7 Å². The number of anilines is 1. The van der Waals surface area contributed by atoms with E-state index in [-0.39, 0.29) is 5.75 Å². The van der Waals surface area contributed by atoms with Gasteiger partial charge in [0.1, 0.15) is 5.75 Å². The zero-order valence-corrected chi connectivity index (χ0v) is 14.1. The lowest BCUT2D eigenvalue weighted by Gasteiger charge is -2.08.